The Kier molecular flexibility index (Phi) is 6.04. The molecule has 8 heteroatoms. The molecule has 1 unspecified atom stereocenters. The van der Waals surface area contributed by atoms with E-state index in [-0.39, 0.29) is 18.7 Å². The molecule has 1 aromatic carbocycles. The number of para-hydroxylation sites is 1. The Balaban J connectivity index is 2.03. The number of ether oxygens (including phenoxy) is 1. The quantitative estimate of drug-likeness (QED) is 0.446. The van der Waals surface area contributed by atoms with Crippen molar-refractivity contribution in [3.05, 3.63) is 36.0 Å². The van der Waals surface area contributed by atoms with Crippen molar-refractivity contribution in [3.8, 4) is 0 Å². The maximum Gasteiger partial charge on any atom is 0.330 e. The van der Waals surface area contributed by atoms with Crippen LogP contribution in [0.4, 0.5) is 0 Å². The smallest absolute Gasteiger partial charge is 0.330 e. The standard InChI is InChI=1S/C21H28N4O4/c1-21(2)25-12-13(15-6-4-5-7-18(15)25)10-17(23-3)19(27)24-16(20(28)29-21)9-8-14(26)11-22/h4-7,11-12,14,16-17,22-23,26H,8-10H2,1-3H3,(H,24,27)/t14?,16-,17-/m0/s1. The summed E-state index contributed by atoms with van der Waals surface area (Å²) in [4.78, 5) is 25.8. The molecule has 2 aromatic rings. The lowest BCUT2D eigenvalue weighted by molar-refractivity contribution is -0.169. The zero-order valence-corrected chi connectivity index (χ0v) is 16.9. The highest BCUT2D eigenvalue weighted by Crippen LogP contribution is 2.30. The number of aliphatic hydroxyl groups excluding tert-OH is 1. The molecule has 0 radical (unpaired) electrons. The zero-order valence-electron chi connectivity index (χ0n) is 16.9. The van der Waals surface area contributed by atoms with Crippen LogP contribution in [-0.4, -0.2) is 53.0 Å². The van der Waals surface area contributed by atoms with Crippen LogP contribution in [0.1, 0.15) is 32.3 Å². The van der Waals surface area contributed by atoms with Gasteiger partial charge in [-0.1, -0.05) is 18.2 Å². The molecule has 29 heavy (non-hydrogen) atoms. The van der Waals surface area contributed by atoms with Crippen molar-refractivity contribution in [1.29, 1.82) is 5.41 Å². The van der Waals surface area contributed by atoms with Gasteiger partial charge in [0.2, 0.25) is 5.91 Å². The second kappa shape index (κ2) is 8.34. The van der Waals surface area contributed by atoms with Gasteiger partial charge < -0.3 is 30.5 Å². The van der Waals surface area contributed by atoms with Crippen LogP contribution in [0.5, 0.6) is 0 Å². The summed E-state index contributed by atoms with van der Waals surface area (Å²) in [7, 11) is 1.71. The topological polar surface area (TPSA) is 116 Å². The average Bonchev–Trinajstić information content (AvgIpc) is 3.06. The van der Waals surface area contributed by atoms with E-state index in [4.69, 9.17) is 10.1 Å². The molecule has 1 aliphatic heterocycles. The van der Waals surface area contributed by atoms with Crippen molar-refractivity contribution in [2.75, 3.05) is 7.05 Å². The van der Waals surface area contributed by atoms with Crippen LogP contribution in [0.25, 0.3) is 10.9 Å². The average molecular weight is 400 g/mol. The number of fused-ring (bicyclic) bond motifs is 5. The normalized spacial score (nSPS) is 23.0. The molecule has 2 heterocycles. The minimum absolute atomic E-state index is 0.171. The first-order chi connectivity index (χ1) is 13.8. The summed E-state index contributed by atoms with van der Waals surface area (Å²) in [5.74, 6) is -0.882. The first-order valence-corrected chi connectivity index (χ1v) is 9.75. The number of nitrogens with one attached hydrogen (secondary N) is 3. The number of carbonyl (C=O) groups is 2. The maximum atomic E-state index is 12.9. The number of cyclic esters (lactones) is 1. The van der Waals surface area contributed by atoms with Gasteiger partial charge in [-0.15, -0.1) is 0 Å². The van der Waals surface area contributed by atoms with Crippen molar-refractivity contribution >= 4 is 29.0 Å². The Labute approximate surface area is 169 Å². The Morgan fingerprint density at radius 2 is 2.14 bits per heavy atom. The number of likely N-dealkylation sites (N-methyl/N-ethyl adjacent to an activating group) is 1. The van der Waals surface area contributed by atoms with E-state index in [9.17, 15) is 14.7 Å². The monoisotopic (exact) mass is 400 g/mol. The molecule has 0 fully saturated rings. The summed E-state index contributed by atoms with van der Waals surface area (Å²) >= 11 is 0. The lowest BCUT2D eigenvalue weighted by atomic mass is 10.0. The van der Waals surface area contributed by atoms with Crippen LogP contribution >= 0.6 is 0 Å². The molecule has 1 aromatic heterocycles. The third-order valence-corrected chi connectivity index (χ3v) is 5.36. The summed E-state index contributed by atoms with van der Waals surface area (Å²) in [6.07, 6.45) is 2.67. The van der Waals surface area contributed by atoms with Gasteiger partial charge in [-0.25, -0.2) is 4.79 Å². The summed E-state index contributed by atoms with van der Waals surface area (Å²) in [5.41, 5.74) is 0.932. The predicted molar refractivity (Wildman–Crippen MR) is 110 cm³/mol. The number of hydrogen-bond donors (Lipinski definition) is 4. The van der Waals surface area contributed by atoms with Gasteiger partial charge in [0, 0.05) is 17.8 Å². The van der Waals surface area contributed by atoms with E-state index >= 15 is 0 Å². The van der Waals surface area contributed by atoms with Crippen LogP contribution in [0.15, 0.2) is 30.5 Å². The molecule has 0 saturated heterocycles. The molecule has 1 aliphatic rings. The van der Waals surface area contributed by atoms with Crippen LogP contribution < -0.4 is 10.6 Å². The van der Waals surface area contributed by atoms with E-state index in [1.54, 1.807) is 20.9 Å². The van der Waals surface area contributed by atoms with Gasteiger partial charge >= 0.3 is 5.97 Å². The van der Waals surface area contributed by atoms with Crippen molar-refractivity contribution in [1.82, 2.24) is 15.2 Å². The second-order valence-electron chi connectivity index (χ2n) is 7.83. The number of nitrogens with zero attached hydrogens (tertiary/aromatic N) is 1. The summed E-state index contributed by atoms with van der Waals surface area (Å²) in [5, 5.41) is 23.6. The van der Waals surface area contributed by atoms with Gasteiger partial charge in [0.15, 0.2) is 5.72 Å². The highest BCUT2D eigenvalue weighted by Gasteiger charge is 2.34. The molecular weight excluding hydrogens is 372 g/mol. The number of aromatic nitrogens is 1. The number of amides is 1. The van der Waals surface area contributed by atoms with Crippen molar-refractivity contribution in [2.24, 2.45) is 0 Å². The van der Waals surface area contributed by atoms with Crippen LogP contribution in [0, 0.1) is 5.41 Å². The largest absolute Gasteiger partial charge is 0.438 e. The fourth-order valence-corrected chi connectivity index (χ4v) is 3.71. The fraction of sp³-hybridized carbons (Fsp3) is 0.476. The molecule has 4 N–H and O–H groups in total. The molecular formula is C21H28N4O4. The van der Waals surface area contributed by atoms with E-state index in [0.29, 0.717) is 6.42 Å². The molecule has 3 atom stereocenters. The molecule has 1 amide bonds. The Hall–Kier alpha value is -2.71. The van der Waals surface area contributed by atoms with Gasteiger partial charge in [-0.05, 0) is 51.8 Å². The van der Waals surface area contributed by atoms with E-state index in [1.165, 1.54) is 0 Å². The molecule has 2 bridgehead atoms. The number of hydrogen-bond acceptors (Lipinski definition) is 6. The van der Waals surface area contributed by atoms with E-state index < -0.39 is 29.9 Å². The molecule has 0 saturated carbocycles. The lowest BCUT2D eigenvalue weighted by Crippen LogP contribution is -2.51. The van der Waals surface area contributed by atoms with E-state index in [0.717, 1.165) is 22.7 Å². The van der Waals surface area contributed by atoms with Gasteiger partial charge in [-0.2, -0.15) is 0 Å². The third kappa shape index (κ3) is 4.33. The Morgan fingerprint density at radius 1 is 1.41 bits per heavy atom. The van der Waals surface area contributed by atoms with Gasteiger partial charge in [0.05, 0.1) is 17.7 Å². The molecule has 0 aliphatic carbocycles. The highest BCUT2D eigenvalue weighted by molar-refractivity contribution is 5.90. The summed E-state index contributed by atoms with van der Waals surface area (Å²) in [6, 6.07) is 6.39. The lowest BCUT2D eigenvalue weighted by Gasteiger charge is -2.30. The van der Waals surface area contributed by atoms with Crippen molar-refractivity contribution < 1.29 is 19.4 Å². The fourth-order valence-electron chi connectivity index (χ4n) is 3.71. The van der Waals surface area contributed by atoms with Crippen LogP contribution in [0.2, 0.25) is 0 Å². The SMILES string of the molecule is CN[C@H]1Cc2cn(c3ccccc23)C(C)(C)OC(=O)[C@H](CCC(O)C=N)NC1=O. The van der Waals surface area contributed by atoms with Crippen molar-refractivity contribution in [3.63, 3.8) is 0 Å². The first kappa shape index (κ1) is 21.0. The van der Waals surface area contributed by atoms with Crippen molar-refractivity contribution in [2.45, 2.75) is 57.0 Å². The minimum Gasteiger partial charge on any atom is -0.438 e. The van der Waals surface area contributed by atoms with Gasteiger partial charge in [-0.3, -0.25) is 4.79 Å². The number of aliphatic hydroxyl groups is 1. The first-order valence-electron chi connectivity index (χ1n) is 9.75. The zero-order chi connectivity index (χ0) is 21.2. The van der Waals surface area contributed by atoms with Gasteiger partial charge in [0.1, 0.15) is 6.04 Å². The minimum atomic E-state index is -0.975. The third-order valence-electron chi connectivity index (χ3n) is 5.36. The van der Waals surface area contributed by atoms with Crippen LogP contribution in [0.3, 0.4) is 0 Å². The number of benzene rings is 1. The highest BCUT2D eigenvalue weighted by atomic mass is 16.6. The number of carbonyl (C=O) groups excluding carboxylic acids is 2. The van der Waals surface area contributed by atoms with Gasteiger partial charge in [0.25, 0.3) is 0 Å². The molecule has 3 rings (SSSR count). The van der Waals surface area contributed by atoms with E-state index in [1.807, 2.05) is 35.0 Å². The summed E-state index contributed by atoms with van der Waals surface area (Å²) in [6.45, 7) is 3.61. The maximum absolute atomic E-state index is 12.9. The summed E-state index contributed by atoms with van der Waals surface area (Å²) < 4.78 is 7.74. The molecule has 8 nitrogen and oxygen atoms in total. The number of esters is 1. The second-order valence-corrected chi connectivity index (χ2v) is 7.83. The molecule has 156 valence electrons. The number of rotatable bonds is 5. The molecule has 0 spiro atoms. The van der Waals surface area contributed by atoms with E-state index in [2.05, 4.69) is 10.6 Å². The van der Waals surface area contributed by atoms with Crippen LogP contribution in [-0.2, 0) is 26.5 Å². The predicted octanol–water partition coefficient (Wildman–Crippen LogP) is 1.30. The Bertz CT molecular complexity index is 921. The Morgan fingerprint density at radius 3 is 2.83 bits per heavy atom.